The summed E-state index contributed by atoms with van der Waals surface area (Å²) in [5.41, 5.74) is -0.176. The molecule has 1 aromatic carbocycles. The van der Waals surface area contributed by atoms with Crippen LogP contribution in [0.5, 0.6) is 0 Å². The molecular weight excluding hydrogens is 366 g/mol. The van der Waals surface area contributed by atoms with Crippen molar-refractivity contribution < 1.29 is 13.6 Å². The zero-order valence-electron chi connectivity index (χ0n) is 13.0. The van der Waals surface area contributed by atoms with Gasteiger partial charge < -0.3 is 9.88 Å². The van der Waals surface area contributed by atoms with Crippen molar-refractivity contribution in [3.63, 3.8) is 0 Å². The third kappa shape index (κ3) is 4.86. The number of carbonyl (C=O) groups is 1. The van der Waals surface area contributed by atoms with Crippen LogP contribution in [0.25, 0.3) is 0 Å². The second kappa shape index (κ2) is 8.21. The van der Waals surface area contributed by atoms with E-state index in [2.05, 4.69) is 21.6 Å². The van der Waals surface area contributed by atoms with Gasteiger partial charge in [0.15, 0.2) is 5.16 Å². The van der Waals surface area contributed by atoms with Gasteiger partial charge in [-0.25, -0.2) is 8.78 Å². The minimum Gasteiger partial charge on any atom is -0.323 e. The Labute approximate surface area is 151 Å². The summed E-state index contributed by atoms with van der Waals surface area (Å²) in [7, 11) is 0. The van der Waals surface area contributed by atoms with Crippen LogP contribution in [0.3, 0.4) is 0 Å². The number of thioether (sulfide) groups is 1. The van der Waals surface area contributed by atoms with Gasteiger partial charge in [0.25, 0.3) is 0 Å². The molecule has 0 saturated carbocycles. The summed E-state index contributed by atoms with van der Waals surface area (Å²) >= 11 is 2.87. The second-order valence-corrected chi connectivity index (χ2v) is 7.07. The summed E-state index contributed by atoms with van der Waals surface area (Å²) in [5, 5.41) is 12.8. The van der Waals surface area contributed by atoms with Gasteiger partial charge in [-0.15, -0.1) is 21.5 Å². The number of amides is 1. The molecular formula is C16H14F2N4OS2. The maximum Gasteiger partial charge on any atom is 0.234 e. The molecule has 2 aromatic heterocycles. The van der Waals surface area contributed by atoms with E-state index < -0.39 is 17.5 Å². The van der Waals surface area contributed by atoms with Crippen LogP contribution in [0.1, 0.15) is 4.88 Å². The summed E-state index contributed by atoms with van der Waals surface area (Å²) in [6, 6.07) is 6.97. The number of hydrogen-bond acceptors (Lipinski definition) is 5. The van der Waals surface area contributed by atoms with E-state index in [9.17, 15) is 13.6 Å². The van der Waals surface area contributed by atoms with Gasteiger partial charge in [0.05, 0.1) is 11.4 Å². The Morgan fingerprint density at radius 3 is 3.00 bits per heavy atom. The van der Waals surface area contributed by atoms with Gasteiger partial charge in [-0.2, -0.15) is 0 Å². The predicted molar refractivity (Wildman–Crippen MR) is 93.8 cm³/mol. The first kappa shape index (κ1) is 17.6. The Morgan fingerprint density at radius 2 is 2.20 bits per heavy atom. The van der Waals surface area contributed by atoms with Crippen LogP contribution in [0.2, 0.25) is 0 Å². The van der Waals surface area contributed by atoms with Gasteiger partial charge in [0, 0.05) is 17.5 Å². The number of halogens is 2. The molecule has 0 unspecified atom stereocenters. The Balaban J connectivity index is 1.54. The van der Waals surface area contributed by atoms with Crippen molar-refractivity contribution in [2.75, 3.05) is 11.1 Å². The molecule has 0 aliphatic carbocycles. The zero-order chi connectivity index (χ0) is 17.6. The molecule has 3 aromatic rings. The maximum atomic E-state index is 13.5. The van der Waals surface area contributed by atoms with Crippen molar-refractivity contribution in [1.82, 2.24) is 14.8 Å². The Hall–Kier alpha value is -2.26. The normalized spacial score (nSPS) is 10.8. The summed E-state index contributed by atoms with van der Waals surface area (Å²) in [6.07, 6.45) is 2.46. The van der Waals surface area contributed by atoms with Gasteiger partial charge in [-0.3, -0.25) is 4.79 Å². The van der Waals surface area contributed by atoms with Crippen molar-refractivity contribution in [3.05, 3.63) is 58.6 Å². The first-order chi connectivity index (χ1) is 12.1. The predicted octanol–water partition coefficient (Wildman–Crippen LogP) is 3.59. The lowest BCUT2D eigenvalue weighted by Crippen LogP contribution is -2.16. The molecule has 0 spiro atoms. The third-order valence-corrected chi connectivity index (χ3v) is 5.21. The van der Waals surface area contributed by atoms with Crippen LogP contribution >= 0.6 is 23.1 Å². The monoisotopic (exact) mass is 380 g/mol. The highest BCUT2D eigenvalue weighted by Crippen LogP contribution is 2.19. The van der Waals surface area contributed by atoms with E-state index in [1.165, 1.54) is 16.6 Å². The molecule has 1 N–H and O–H groups in total. The van der Waals surface area contributed by atoms with Crippen LogP contribution in [-0.2, 0) is 17.8 Å². The number of aryl methyl sites for hydroxylation is 2. The number of benzene rings is 1. The van der Waals surface area contributed by atoms with Gasteiger partial charge in [0.2, 0.25) is 5.91 Å². The first-order valence-corrected chi connectivity index (χ1v) is 9.26. The van der Waals surface area contributed by atoms with Crippen LogP contribution in [-0.4, -0.2) is 26.4 Å². The number of aromatic nitrogens is 3. The number of nitrogens with zero attached hydrogens (tertiary/aromatic N) is 3. The first-order valence-electron chi connectivity index (χ1n) is 7.40. The molecule has 2 heterocycles. The zero-order valence-corrected chi connectivity index (χ0v) is 14.6. The fourth-order valence-electron chi connectivity index (χ4n) is 2.10. The maximum absolute atomic E-state index is 13.5. The van der Waals surface area contributed by atoms with E-state index in [0.717, 1.165) is 24.6 Å². The van der Waals surface area contributed by atoms with E-state index in [1.54, 1.807) is 17.7 Å². The topological polar surface area (TPSA) is 59.8 Å². The number of hydrogen-bond donors (Lipinski definition) is 1. The molecule has 3 rings (SSSR count). The highest BCUT2D eigenvalue weighted by Gasteiger charge is 2.12. The van der Waals surface area contributed by atoms with Gasteiger partial charge in [-0.05, 0) is 30.0 Å². The van der Waals surface area contributed by atoms with E-state index in [0.29, 0.717) is 11.7 Å². The van der Waals surface area contributed by atoms with Crippen LogP contribution in [0.4, 0.5) is 14.5 Å². The molecule has 25 heavy (non-hydrogen) atoms. The smallest absolute Gasteiger partial charge is 0.234 e. The largest absolute Gasteiger partial charge is 0.323 e. The Kier molecular flexibility index (Phi) is 5.77. The fraction of sp³-hybridized carbons (Fsp3) is 0.188. The molecule has 9 heteroatoms. The number of nitrogens with one attached hydrogen (secondary N) is 1. The lowest BCUT2D eigenvalue weighted by molar-refractivity contribution is -0.113. The average Bonchev–Trinajstić information content (AvgIpc) is 3.25. The van der Waals surface area contributed by atoms with E-state index >= 15 is 0 Å². The second-order valence-electron chi connectivity index (χ2n) is 5.10. The number of carbonyl (C=O) groups excluding carboxylic acids is 1. The third-order valence-electron chi connectivity index (χ3n) is 3.29. The Morgan fingerprint density at radius 1 is 1.32 bits per heavy atom. The highest BCUT2D eigenvalue weighted by molar-refractivity contribution is 7.99. The molecule has 1 amide bonds. The molecule has 130 valence electrons. The van der Waals surface area contributed by atoms with Crippen molar-refractivity contribution in [3.8, 4) is 0 Å². The molecule has 5 nitrogen and oxygen atoms in total. The van der Waals surface area contributed by atoms with Gasteiger partial charge >= 0.3 is 0 Å². The molecule has 0 aliphatic rings. The number of anilines is 1. The summed E-state index contributed by atoms with van der Waals surface area (Å²) in [6.45, 7) is 0.704. The van der Waals surface area contributed by atoms with E-state index in [1.807, 2.05) is 16.0 Å². The number of thiophene rings is 1. The summed E-state index contributed by atoms with van der Waals surface area (Å²) < 4.78 is 28.5. The molecule has 0 bridgehead atoms. The highest BCUT2D eigenvalue weighted by atomic mass is 32.2. The summed E-state index contributed by atoms with van der Waals surface area (Å²) in [5.74, 6) is -1.72. The fourth-order valence-corrected chi connectivity index (χ4v) is 3.54. The van der Waals surface area contributed by atoms with Crippen molar-refractivity contribution >= 4 is 34.7 Å². The molecule has 0 fully saturated rings. The number of rotatable bonds is 7. The van der Waals surface area contributed by atoms with Crippen molar-refractivity contribution in [2.24, 2.45) is 0 Å². The molecule has 0 atom stereocenters. The molecule has 0 saturated heterocycles. The van der Waals surface area contributed by atoms with Crippen LogP contribution in [0.15, 0.2) is 47.2 Å². The van der Waals surface area contributed by atoms with E-state index in [4.69, 9.17) is 0 Å². The molecule has 0 radical (unpaired) electrons. The average molecular weight is 380 g/mol. The minimum absolute atomic E-state index is 0.0215. The SMILES string of the molecule is O=C(CSc1nncn1CCc1cccs1)Nc1cc(F)ccc1F. The van der Waals surface area contributed by atoms with E-state index in [-0.39, 0.29) is 11.4 Å². The van der Waals surface area contributed by atoms with Crippen LogP contribution in [0, 0.1) is 11.6 Å². The van der Waals surface area contributed by atoms with Gasteiger partial charge in [0.1, 0.15) is 18.0 Å². The van der Waals surface area contributed by atoms with Crippen molar-refractivity contribution in [1.29, 1.82) is 0 Å². The standard InChI is InChI=1S/C16H14F2N4OS2/c17-11-3-4-13(18)14(8-11)20-15(23)9-25-16-21-19-10-22(16)6-5-12-2-1-7-24-12/h1-4,7-8,10H,5-6,9H2,(H,20,23). The molecule has 0 aliphatic heterocycles. The Bertz CT molecular complexity index is 852. The van der Waals surface area contributed by atoms with Crippen molar-refractivity contribution in [2.45, 2.75) is 18.1 Å². The lowest BCUT2D eigenvalue weighted by Gasteiger charge is -2.07. The minimum atomic E-state index is -0.682. The lowest BCUT2D eigenvalue weighted by atomic mass is 10.3. The summed E-state index contributed by atoms with van der Waals surface area (Å²) in [4.78, 5) is 13.2. The van der Waals surface area contributed by atoms with Crippen LogP contribution < -0.4 is 5.32 Å². The quantitative estimate of drug-likeness (QED) is 0.637. The van der Waals surface area contributed by atoms with Gasteiger partial charge in [-0.1, -0.05) is 17.8 Å².